The van der Waals surface area contributed by atoms with Crippen molar-refractivity contribution < 1.29 is 13.9 Å². The minimum Gasteiger partial charge on any atom is -0.464 e. The maximum Gasteiger partial charge on any atom is 0.337 e. The predicted molar refractivity (Wildman–Crippen MR) is 104 cm³/mol. The number of halogens is 1. The van der Waals surface area contributed by atoms with Crippen molar-refractivity contribution in [2.24, 2.45) is 5.92 Å². The zero-order chi connectivity index (χ0) is 20.7. The number of rotatable bonds is 6. The van der Waals surface area contributed by atoms with Crippen LogP contribution in [0.25, 0.3) is 16.9 Å². The van der Waals surface area contributed by atoms with E-state index in [4.69, 9.17) is 4.74 Å². The molecule has 1 aromatic carbocycles. The number of hydrogen-bond acceptors (Lipinski definition) is 5. The Balaban J connectivity index is 1.99. The third-order valence-corrected chi connectivity index (χ3v) is 5.12. The molecule has 1 fully saturated rings. The summed E-state index contributed by atoms with van der Waals surface area (Å²) in [5, 5.41) is 0. The number of carbonyl (C=O) groups excluding carboxylic acids is 1. The Bertz CT molecular complexity index is 1190. The van der Waals surface area contributed by atoms with Crippen LogP contribution in [0.15, 0.2) is 40.2 Å². The lowest BCUT2D eigenvalue weighted by Gasteiger charge is -2.15. The van der Waals surface area contributed by atoms with Gasteiger partial charge in [-0.05, 0) is 56.9 Å². The number of esters is 1. The maximum absolute atomic E-state index is 13.4. The molecule has 3 aromatic rings. The topological polar surface area (TPSA) is 88.1 Å². The van der Waals surface area contributed by atoms with Crippen LogP contribution in [0.4, 0.5) is 4.39 Å². The first-order chi connectivity index (χ1) is 13.9. The molecule has 1 atom stereocenters. The molecule has 0 bridgehead atoms. The maximum atomic E-state index is 13.4. The number of ether oxygens (including phenoxy) is 1. The fourth-order valence-corrected chi connectivity index (χ4v) is 3.36. The molecule has 1 aliphatic rings. The van der Waals surface area contributed by atoms with Crippen molar-refractivity contribution >= 4 is 17.1 Å². The van der Waals surface area contributed by atoms with Crippen molar-refractivity contribution in [3.8, 4) is 5.69 Å². The largest absolute Gasteiger partial charge is 0.464 e. The smallest absolute Gasteiger partial charge is 0.337 e. The van der Waals surface area contributed by atoms with E-state index in [9.17, 15) is 18.8 Å². The predicted octanol–water partition coefficient (Wildman–Crippen LogP) is 2.02. The van der Waals surface area contributed by atoms with E-state index in [1.807, 2.05) is 0 Å². The fourth-order valence-electron chi connectivity index (χ4n) is 3.36. The van der Waals surface area contributed by atoms with Gasteiger partial charge in [-0.2, -0.15) is 0 Å². The monoisotopic (exact) mass is 400 g/mol. The Morgan fingerprint density at radius 3 is 2.59 bits per heavy atom. The average Bonchev–Trinajstić information content (AvgIpc) is 3.42. The quantitative estimate of drug-likeness (QED) is 0.591. The number of benzene rings is 1. The Kier molecular flexibility index (Phi) is 4.81. The second-order valence-electron chi connectivity index (χ2n) is 7.21. The summed E-state index contributed by atoms with van der Waals surface area (Å²) in [6, 6.07) is 4.59. The van der Waals surface area contributed by atoms with E-state index in [0.717, 1.165) is 12.8 Å². The summed E-state index contributed by atoms with van der Waals surface area (Å²) in [7, 11) is 0. The Morgan fingerprint density at radius 1 is 1.28 bits per heavy atom. The molecule has 152 valence electrons. The van der Waals surface area contributed by atoms with Crippen LogP contribution < -0.4 is 11.2 Å². The Hall–Kier alpha value is -3.23. The van der Waals surface area contributed by atoms with Crippen LogP contribution in [0.5, 0.6) is 0 Å². The van der Waals surface area contributed by atoms with Crippen LogP contribution >= 0.6 is 0 Å². The first-order valence-corrected chi connectivity index (χ1v) is 9.57. The molecule has 0 unspecified atom stereocenters. The van der Waals surface area contributed by atoms with E-state index in [1.54, 1.807) is 13.8 Å². The molecule has 8 nitrogen and oxygen atoms in total. The molecule has 4 rings (SSSR count). The number of fused-ring (bicyclic) bond motifs is 1. The molecule has 0 aliphatic heterocycles. The minimum atomic E-state index is -0.791. The van der Waals surface area contributed by atoms with Gasteiger partial charge >= 0.3 is 11.7 Å². The number of hydrogen-bond donors (Lipinski definition) is 0. The molecule has 0 radical (unpaired) electrons. The van der Waals surface area contributed by atoms with Gasteiger partial charge < -0.3 is 9.30 Å². The van der Waals surface area contributed by atoms with E-state index >= 15 is 0 Å². The number of nitrogens with zero attached hydrogens (tertiary/aromatic N) is 4. The summed E-state index contributed by atoms with van der Waals surface area (Å²) in [6.07, 6.45) is 3.27. The number of carbonyl (C=O) groups is 1. The van der Waals surface area contributed by atoms with Crippen molar-refractivity contribution in [3.05, 3.63) is 57.2 Å². The molecule has 0 spiro atoms. The first kappa shape index (κ1) is 19.1. The van der Waals surface area contributed by atoms with Crippen molar-refractivity contribution in [1.29, 1.82) is 0 Å². The van der Waals surface area contributed by atoms with Gasteiger partial charge in [-0.3, -0.25) is 9.36 Å². The van der Waals surface area contributed by atoms with E-state index in [1.165, 1.54) is 44.3 Å². The van der Waals surface area contributed by atoms with Crippen molar-refractivity contribution in [2.45, 2.75) is 39.3 Å². The molecule has 2 aromatic heterocycles. The molecular weight excluding hydrogens is 379 g/mol. The van der Waals surface area contributed by atoms with Gasteiger partial charge in [-0.15, -0.1) is 0 Å². The van der Waals surface area contributed by atoms with Crippen LogP contribution in [0.3, 0.4) is 0 Å². The standard InChI is InChI=1S/C20H21FN4O4/c1-3-29-19(27)12(2)24-11-22-17-16(24)18(26)23(10-13-4-5-13)20(28)25(17)15-8-6-14(21)7-9-15/h6-9,11-13H,3-5,10H2,1-2H3/t12-/m0/s1. The Labute approximate surface area is 165 Å². The van der Waals surface area contributed by atoms with E-state index in [0.29, 0.717) is 12.2 Å². The number of aromatic nitrogens is 4. The zero-order valence-electron chi connectivity index (χ0n) is 16.2. The van der Waals surface area contributed by atoms with Gasteiger partial charge in [0.15, 0.2) is 11.2 Å². The first-order valence-electron chi connectivity index (χ1n) is 9.57. The summed E-state index contributed by atoms with van der Waals surface area (Å²) < 4.78 is 22.4. The van der Waals surface area contributed by atoms with Gasteiger partial charge in [0.2, 0.25) is 0 Å². The van der Waals surface area contributed by atoms with Crippen LogP contribution in [0.1, 0.15) is 32.7 Å². The van der Waals surface area contributed by atoms with E-state index in [2.05, 4.69) is 4.98 Å². The molecule has 1 saturated carbocycles. The van der Waals surface area contributed by atoms with Gasteiger partial charge in [-0.25, -0.2) is 23.5 Å². The molecular formula is C20H21FN4O4. The van der Waals surface area contributed by atoms with Gasteiger partial charge in [0.1, 0.15) is 11.9 Å². The van der Waals surface area contributed by atoms with E-state index < -0.39 is 29.1 Å². The molecule has 9 heteroatoms. The summed E-state index contributed by atoms with van der Waals surface area (Å²) in [6.45, 7) is 3.82. The number of imidazole rings is 1. The van der Waals surface area contributed by atoms with Crippen molar-refractivity contribution in [3.63, 3.8) is 0 Å². The third kappa shape index (κ3) is 3.37. The fraction of sp³-hybridized carbons (Fsp3) is 0.400. The van der Waals surface area contributed by atoms with Gasteiger partial charge in [0.25, 0.3) is 5.56 Å². The molecule has 0 saturated heterocycles. The minimum absolute atomic E-state index is 0.120. The van der Waals surface area contributed by atoms with Crippen molar-refractivity contribution in [1.82, 2.24) is 18.7 Å². The van der Waals surface area contributed by atoms with Crippen LogP contribution in [-0.4, -0.2) is 31.3 Å². The second-order valence-corrected chi connectivity index (χ2v) is 7.21. The van der Waals surface area contributed by atoms with Crippen LogP contribution in [-0.2, 0) is 16.1 Å². The van der Waals surface area contributed by atoms with Gasteiger partial charge in [-0.1, -0.05) is 0 Å². The zero-order valence-corrected chi connectivity index (χ0v) is 16.2. The van der Waals surface area contributed by atoms with Crippen LogP contribution in [0, 0.1) is 11.7 Å². The summed E-state index contributed by atoms with van der Waals surface area (Å²) >= 11 is 0. The second kappa shape index (κ2) is 7.31. The highest BCUT2D eigenvalue weighted by molar-refractivity contribution is 5.79. The lowest BCUT2D eigenvalue weighted by Crippen LogP contribution is -2.41. The van der Waals surface area contributed by atoms with E-state index in [-0.39, 0.29) is 23.7 Å². The highest BCUT2D eigenvalue weighted by atomic mass is 19.1. The highest BCUT2D eigenvalue weighted by Gasteiger charge is 2.28. The molecule has 2 heterocycles. The summed E-state index contributed by atoms with van der Waals surface area (Å²) in [5.74, 6) is -0.663. The van der Waals surface area contributed by atoms with Gasteiger partial charge in [0, 0.05) is 6.54 Å². The third-order valence-electron chi connectivity index (χ3n) is 5.12. The van der Waals surface area contributed by atoms with Gasteiger partial charge in [0.05, 0.1) is 18.6 Å². The SMILES string of the molecule is CCOC(=O)[C@H](C)n1cnc2c1c(=O)n(CC1CC1)c(=O)n2-c1ccc(F)cc1. The van der Waals surface area contributed by atoms with Crippen LogP contribution in [0.2, 0.25) is 0 Å². The average molecular weight is 400 g/mol. The molecule has 29 heavy (non-hydrogen) atoms. The lowest BCUT2D eigenvalue weighted by molar-refractivity contribution is -0.146. The lowest BCUT2D eigenvalue weighted by atomic mass is 10.3. The molecule has 0 N–H and O–H groups in total. The van der Waals surface area contributed by atoms with Crippen molar-refractivity contribution in [2.75, 3.05) is 6.61 Å². The highest BCUT2D eigenvalue weighted by Crippen LogP contribution is 2.30. The molecule has 0 amide bonds. The summed E-state index contributed by atoms with van der Waals surface area (Å²) in [4.78, 5) is 42.8. The molecule has 1 aliphatic carbocycles. The normalized spacial score (nSPS) is 14.9. The summed E-state index contributed by atoms with van der Waals surface area (Å²) in [5.41, 5.74) is -0.385. The Morgan fingerprint density at radius 2 is 1.97 bits per heavy atom.